The second kappa shape index (κ2) is 12.2. The molecule has 1 amide bonds. The molecule has 2 atom stereocenters. The van der Waals surface area contributed by atoms with Gasteiger partial charge in [-0.05, 0) is 88.1 Å². The summed E-state index contributed by atoms with van der Waals surface area (Å²) < 4.78 is 42.0. The molecular formula is C33H42N4O5S. The molecule has 1 aromatic heterocycles. The molecule has 0 saturated carbocycles. The van der Waals surface area contributed by atoms with Gasteiger partial charge >= 0.3 is 0 Å². The van der Waals surface area contributed by atoms with Crippen LogP contribution in [-0.2, 0) is 14.8 Å². The number of aryl methyl sites for hydroxylation is 2. The summed E-state index contributed by atoms with van der Waals surface area (Å²) in [6.07, 6.45) is 2.37. The van der Waals surface area contributed by atoms with Crippen LogP contribution in [0.15, 0.2) is 53.4 Å². The Morgan fingerprint density at radius 3 is 2.49 bits per heavy atom. The van der Waals surface area contributed by atoms with Crippen LogP contribution in [0.25, 0.3) is 11.3 Å². The van der Waals surface area contributed by atoms with Gasteiger partial charge in [-0.2, -0.15) is 4.98 Å². The minimum Gasteiger partial charge on any atom is -0.475 e. The molecule has 2 aliphatic rings. The number of sulfonamides is 1. The first kappa shape index (κ1) is 30.9. The summed E-state index contributed by atoms with van der Waals surface area (Å²) >= 11 is 0. The van der Waals surface area contributed by atoms with Gasteiger partial charge in [-0.3, -0.25) is 4.79 Å². The Morgan fingerprint density at radius 2 is 1.79 bits per heavy atom. The van der Waals surface area contributed by atoms with E-state index in [4.69, 9.17) is 9.47 Å². The Labute approximate surface area is 255 Å². The fourth-order valence-electron chi connectivity index (χ4n) is 6.23. The molecule has 1 saturated heterocycles. The first-order valence-corrected chi connectivity index (χ1v) is 16.5. The van der Waals surface area contributed by atoms with Crippen molar-refractivity contribution in [3.63, 3.8) is 0 Å². The lowest BCUT2D eigenvalue weighted by Gasteiger charge is -2.40. The van der Waals surface area contributed by atoms with E-state index in [1.165, 1.54) is 12.1 Å². The number of rotatable bonds is 5. The van der Waals surface area contributed by atoms with Gasteiger partial charge < -0.3 is 14.4 Å². The van der Waals surface area contributed by atoms with Crippen LogP contribution in [-0.4, -0.2) is 60.6 Å². The molecule has 0 spiro atoms. The number of carbonyl (C=O) groups excluding carboxylic acids is 1. The molecule has 1 fully saturated rings. The van der Waals surface area contributed by atoms with Crippen molar-refractivity contribution in [3.8, 4) is 17.1 Å². The van der Waals surface area contributed by atoms with E-state index < -0.39 is 10.0 Å². The largest absolute Gasteiger partial charge is 0.475 e. The quantitative estimate of drug-likeness (QED) is 0.378. The molecule has 5 rings (SSSR count). The molecule has 1 N–H and O–H groups in total. The van der Waals surface area contributed by atoms with Crippen LogP contribution in [0.5, 0.6) is 5.88 Å². The predicted octanol–water partition coefficient (Wildman–Crippen LogP) is 6.02. The standard InChI is InChI=1S/C33H42N4O5S/c1-21(2)15-26-20-41-29-17-28(30-22(3)9-7-10-23(30)4)34-32(35-29)36-43(39,40)27-12-8-11-25(16-27)31(38)37(26)19-24-13-14-42-33(5,6)18-24/h7-12,16-17,21,24,26H,13-15,18-20H2,1-6H3,(H,34,35,36)/t24-,26+/m0/s1. The van der Waals surface area contributed by atoms with Gasteiger partial charge in [0, 0.05) is 30.3 Å². The number of carbonyl (C=O) groups is 1. The second-order valence-electron chi connectivity index (χ2n) is 12.8. The fourth-order valence-corrected chi connectivity index (χ4v) is 7.22. The van der Waals surface area contributed by atoms with Crippen LogP contribution >= 0.6 is 0 Å². The average molecular weight is 607 g/mol. The first-order valence-electron chi connectivity index (χ1n) is 15.0. The number of anilines is 1. The Hall–Kier alpha value is -3.50. The normalized spacial score (nSPS) is 21.7. The number of benzene rings is 2. The first-order chi connectivity index (χ1) is 20.3. The number of aromatic nitrogens is 2. The summed E-state index contributed by atoms with van der Waals surface area (Å²) in [5.74, 6) is 0.444. The van der Waals surface area contributed by atoms with Crippen LogP contribution in [0.4, 0.5) is 5.95 Å². The Morgan fingerprint density at radius 1 is 1.07 bits per heavy atom. The van der Waals surface area contributed by atoms with Crippen LogP contribution in [0.1, 0.15) is 68.4 Å². The SMILES string of the molecule is Cc1cccc(C)c1-c1cc2nc(n1)NS(=O)(=O)c1cccc(c1)C(=O)N(C[C@H]1CCOC(C)(C)C1)[C@H](CC(C)C)CO2. The van der Waals surface area contributed by atoms with Crippen molar-refractivity contribution < 1.29 is 22.7 Å². The third-order valence-corrected chi connectivity index (χ3v) is 9.51. The van der Waals surface area contributed by atoms with Gasteiger partial charge in [0.2, 0.25) is 11.8 Å². The van der Waals surface area contributed by atoms with E-state index in [0.29, 0.717) is 30.8 Å². The highest BCUT2D eigenvalue weighted by molar-refractivity contribution is 7.92. The van der Waals surface area contributed by atoms with E-state index in [1.807, 2.05) is 36.9 Å². The fraction of sp³-hybridized carbons (Fsp3) is 0.485. The van der Waals surface area contributed by atoms with Gasteiger partial charge in [0.1, 0.15) is 6.61 Å². The molecule has 9 nitrogen and oxygen atoms in total. The van der Waals surface area contributed by atoms with Gasteiger partial charge in [0.05, 0.1) is 22.2 Å². The van der Waals surface area contributed by atoms with Crippen LogP contribution in [0.2, 0.25) is 0 Å². The summed E-state index contributed by atoms with van der Waals surface area (Å²) in [5, 5.41) is 0. The zero-order chi connectivity index (χ0) is 30.9. The lowest BCUT2D eigenvalue weighted by atomic mass is 9.87. The lowest BCUT2D eigenvalue weighted by molar-refractivity contribution is -0.0776. The second-order valence-corrected chi connectivity index (χ2v) is 14.5. The Balaban J connectivity index is 1.63. The predicted molar refractivity (Wildman–Crippen MR) is 167 cm³/mol. The topological polar surface area (TPSA) is 111 Å². The summed E-state index contributed by atoms with van der Waals surface area (Å²) in [4.78, 5) is 25.2. The number of nitrogens with one attached hydrogen (secondary N) is 1. The average Bonchev–Trinajstić information content (AvgIpc) is 2.92. The third kappa shape index (κ3) is 7.18. The van der Waals surface area contributed by atoms with Crippen molar-refractivity contribution >= 4 is 21.9 Å². The van der Waals surface area contributed by atoms with Gasteiger partial charge in [-0.1, -0.05) is 38.1 Å². The number of fused-ring (bicyclic) bond motifs is 4. The highest BCUT2D eigenvalue weighted by Crippen LogP contribution is 2.33. The molecule has 10 heteroatoms. The molecule has 43 heavy (non-hydrogen) atoms. The maximum absolute atomic E-state index is 14.2. The number of hydrogen-bond acceptors (Lipinski definition) is 7. The number of nitrogens with zero attached hydrogens (tertiary/aromatic N) is 3. The highest BCUT2D eigenvalue weighted by Gasteiger charge is 2.35. The highest BCUT2D eigenvalue weighted by atomic mass is 32.2. The van der Waals surface area contributed by atoms with Crippen LogP contribution in [0, 0.1) is 25.7 Å². The maximum atomic E-state index is 14.2. The molecule has 0 radical (unpaired) electrons. The minimum atomic E-state index is -4.11. The van der Waals surface area contributed by atoms with Crippen molar-refractivity contribution in [1.82, 2.24) is 14.9 Å². The zero-order valence-corrected chi connectivity index (χ0v) is 26.7. The van der Waals surface area contributed by atoms with Crippen LogP contribution in [0.3, 0.4) is 0 Å². The Bertz CT molecular complexity index is 1580. The number of amides is 1. The van der Waals surface area contributed by atoms with Crippen LogP contribution < -0.4 is 9.46 Å². The lowest BCUT2D eigenvalue weighted by Crippen LogP contribution is -2.48. The minimum absolute atomic E-state index is 0.0336. The van der Waals surface area contributed by atoms with Gasteiger partial charge in [-0.25, -0.2) is 18.1 Å². The Kier molecular flexibility index (Phi) is 8.81. The number of hydrogen-bond donors (Lipinski definition) is 1. The van der Waals surface area contributed by atoms with E-state index in [0.717, 1.165) is 29.5 Å². The number of ether oxygens (including phenoxy) is 2. The van der Waals surface area contributed by atoms with E-state index in [-0.39, 0.29) is 52.7 Å². The van der Waals surface area contributed by atoms with E-state index >= 15 is 0 Å². The maximum Gasteiger partial charge on any atom is 0.264 e. The summed E-state index contributed by atoms with van der Waals surface area (Å²) in [6, 6.07) is 13.6. The molecule has 0 unspecified atom stereocenters. The third-order valence-electron chi connectivity index (χ3n) is 8.18. The molecular weight excluding hydrogens is 564 g/mol. The van der Waals surface area contributed by atoms with E-state index in [1.54, 1.807) is 18.2 Å². The van der Waals surface area contributed by atoms with Gasteiger partial charge in [0.15, 0.2) is 0 Å². The molecule has 3 aromatic rings. The van der Waals surface area contributed by atoms with E-state index in [2.05, 4.69) is 42.4 Å². The van der Waals surface area contributed by atoms with Crippen molar-refractivity contribution in [2.75, 3.05) is 24.5 Å². The molecule has 0 aliphatic carbocycles. The molecule has 2 aromatic carbocycles. The molecule has 2 aliphatic heterocycles. The van der Waals surface area contributed by atoms with E-state index in [9.17, 15) is 13.2 Å². The molecule has 4 bridgehead atoms. The van der Waals surface area contributed by atoms with Crippen molar-refractivity contribution in [3.05, 3.63) is 65.2 Å². The zero-order valence-electron chi connectivity index (χ0n) is 25.9. The van der Waals surface area contributed by atoms with Gasteiger partial charge in [0.25, 0.3) is 15.9 Å². The smallest absolute Gasteiger partial charge is 0.264 e. The van der Waals surface area contributed by atoms with Crippen molar-refractivity contribution in [2.45, 2.75) is 77.3 Å². The monoisotopic (exact) mass is 606 g/mol. The van der Waals surface area contributed by atoms with Crippen molar-refractivity contribution in [1.29, 1.82) is 0 Å². The van der Waals surface area contributed by atoms with Gasteiger partial charge in [-0.15, -0.1) is 0 Å². The summed E-state index contributed by atoms with van der Waals surface area (Å²) in [7, 11) is -4.11. The summed E-state index contributed by atoms with van der Waals surface area (Å²) in [5.41, 5.74) is 3.47. The molecule has 3 heterocycles. The summed E-state index contributed by atoms with van der Waals surface area (Å²) in [6.45, 7) is 13.7. The molecule has 230 valence electrons. The van der Waals surface area contributed by atoms with Crippen molar-refractivity contribution in [2.24, 2.45) is 11.8 Å².